The number of nitrogen functional groups attached to an aromatic ring is 1. The van der Waals surface area contributed by atoms with Crippen molar-refractivity contribution in [1.82, 2.24) is 4.98 Å². The quantitative estimate of drug-likeness (QED) is 0.814. The molecule has 0 aliphatic rings. The third-order valence-electron chi connectivity index (χ3n) is 2.39. The summed E-state index contributed by atoms with van der Waals surface area (Å²) in [5.41, 5.74) is 6.92. The summed E-state index contributed by atoms with van der Waals surface area (Å²) in [5, 5.41) is 2.05. The van der Waals surface area contributed by atoms with Crippen molar-refractivity contribution in [2.45, 2.75) is 13.8 Å². The van der Waals surface area contributed by atoms with Crippen LogP contribution in [0.15, 0.2) is 24.4 Å². The molecule has 2 aromatic rings. The summed E-state index contributed by atoms with van der Waals surface area (Å²) in [6.07, 6.45) is 1.72. The normalized spacial score (nSPS) is 10.5. The largest absolute Gasteiger partial charge is 0.494 e. The van der Waals surface area contributed by atoms with Gasteiger partial charge >= 0.3 is 0 Å². The summed E-state index contributed by atoms with van der Waals surface area (Å²) in [6, 6.07) is 5.98. The summed E-state index contributed by atoms with van der Waals surface area (Å²) in [4.78, 5) is 4.06. The number of benzene rings is 1. The molecule has 1 aromatic carbocycles. The maximum absolute atomic E-state index is 5.80. The number of nitrogens with two attached hydrogens (primary N) is 1. The molecule has 0 spiro atoms. The van der Waals surface area contributed by atoms with Crippen LogP contribution in [0.5, 0.6) is 5.75 Å². The summed E-state index contributed by atoms with van der Waals surface area (Å²) >= 11 is 0. The van der Waals surface area contributed by atoms with E-state index in [1.54, 1.807) is 6.20 Å². The Bertz CT molecular complexity index is 494. The van der Waals surface area contributed by atoms with Crippen LogP contribution in [0.1, 0.15) is 12.5 Å². The van der Waals surface area contributed by atoms with Gasteiger partial charge in [-0.2, -0.15) is 0 Å². The molecule has 2 rings (SSSR count). The highest BCUT2D eigenvalue weighted by Gasteiger charge is 2.04. The van der Waals surface area contributed by atoms with Crippen molar-refractivity contribution in [2.75, 3.05) is 12.3 Å². The summed E-state index contributed by atoms with van der Waals surface area (Å²) in [5.74, 6) is 1.43. The van der Waals surface area contributed by atoms with Gasteiger partial charge in [-0.1, -0.05) is 0 Å². The molecule has 0 unspecified atom stereocenters. The SMILES string of the molecule is CCOc1cc2c(N)nccc2cc1C. The maximum Gasteiger partial charge on any atom is 0.131 e. The number of rotatable bonds is 2. The molecule has 0 amide bonds. The van der Waals surface area contributed by atoms with Crippen LogP contribution < -0.4 is 10.5 Å². The molecular weight excluding hydrogens is 188 g/mol. The van der Waals surface area contributed by atoms with E-state index in [4.69, 9.17) is 10.5 Å². The van der Waals surface area contributed by atoms with Gasteiger partial charge in [-0.3, -0.25) is 0 Å². The van der Waals surface area contributed by atoms with Crippen molar-refractivity contribution in [3.05, 3.63) is 30.0 Å². The fourth-order valence-electron chi connectivity index (χ4n) is 1.65. The van der Waals surface area contributed by atoms with E-state index >= 15 is 0 Å². The average Bonchev–Trinajstić information content (AvgIpc) is 2.21. The monoisotopic (exact) mass is 202 g/mol. The fraction of sp³-hybridized carbons (Fsp3) is 0.250. The Morgan fingerprint density at radius 1 is 1.40 bits per heavy atom. The lowest BCUT2D eigenvalue weighted by atomic mass is 10.1. The maximum atomic E-state index is 5.80. The molecule has 0 aliphatic carbocycles. The van der Waals surface area contributed by atoms with Gasteiger partial charge in [-0.15, -0.1) is 0 Å². The Balaban J connectivity index is 2.66. The number of aromatic nitrogens is 1. The molecule has 0 saturated carbocycles. The lowest BCUT2D eigenvalue weighted by molar-refractivity contribution is 0.338. The van der Waals surface area contributed by atoms with Crippen LogP contribution in [-0.4, -0.2) is 11.6 Å². The first kappa shape index (κ1) is 9.77. The predicted molar refractivity (Wildman–Crippen MR) is 62.1 cm³/mol. The first-order valence-electron chi connectivity index (χ1n) is 5.00. The van der Waals surface area contributed by atoms with Crippen molar-refractivity contribution < 1.29 is 4.74 Å². The van der Waals surface area contributed by atoms with Crippen LogP contribution >= 0.6 is 0 Å². The molecule has 3 heteroatoms. The highest BCUT2D eigenvalue weighted by atomic mass is 16.5. The molecule has 1 aromatic heterocycles. The standard InChI is InChI=1S/C12H14N2O/c1-3-15-11-7-10-9(6-8(11)2)4-5-14-12(10)13/h4-7H,3H2,1-2H3,(H2,13,14). The zero-order valence-corrected chi connectivity index (χ0v) is 8.95. The van der Waals surface area contributed by atoms with Gasteiger partial charge in [0.15, 0.2) is 0 Å². The Labute approximate surface area is 88.9 Å². The van der Waals surface area contributed by atoms with Gasteiger partial charge in [-0.05, 0) is 43.0 Å². The fourth-order valence-corrected chi connectivity index (χ4v) is 1.65. The highest BCUT2D eigenvalue weighted by molar-refractivity contribution is 5.92. The molecule has 15 heavy (non-hydrogen) atoms. The lowest BCUT2D eigenvalue weighted by Crippen LogP contribution is -1.96. The second-order valence-electron chi connectivity index (χ2n) is 3.47. The van der Waals surface area contributed by atoms with Gasteiger partial charge in [0.05, 0.1) is 6.61 Å². The number of fused-ring (bicyclic) bond motifs is 1. The van der Waals surface area contributed by atoms with E-state index in [1.807, 2.05) is 26.0 Å². The van der Waals surface area contributed by atoms with Gasteiger partial charge < -0.3 is 10.5 Å². The minimum atomic E-state index is 0.549. The minimum Gasteiger partial charge on any atom is -0.494 e. The molecule has 2 N–H and O–H groups in total. The van der Waals surface area contributed by atoms with Crippen molar-refractivity contribution in [2.24, 2.45) is 0 Å². The number of anilines is 1. The second kappa shape index (κ2) is 3.77. The first-order chi connectivity index (χ1) is 7.22. The van der Waals surface area contributed by atoms with E-state index in [1.165, 1.54) is 0 Å². The molecule has 0 saturated heterocycles. The van der Waals surface area contributed by atoms with Gasteiger partial charge in [-0.25, -0.2) is 4.98 Å². The van der Waals surface area contributed by atoms with Gasteiger partial charge in [0, 0.05) is 11.6 Å². The van der Waals surface area contributed by atoms with Crippen LogP contribution in [0.25, 0.3) is 10.8 Å². The Kier molecular flexibility index (Phi) is 2.46. The Morgan fingerprint density at radius 2 is 2.20 bits per heavy atom. The van der Waals surface area contributed by atoms with Crippen molar-refractivity contribution >= 4 is 16.6 Å². The van der Waals surface area contributed by atoms with Gasteiger partial charge in [0.25, 0.3) is 0 Å². The number of hydrogen-bond acceptors (Lipinski definition) is 3. The van der Waals surface area contributed by atoms with E-state index < -0.39 is 0 Å². The van der Waals surface area contributed by atoms with Crippen molar-refractivity contribution in [1.29, 1.82) is 0 Å². The molecule has 78 valence electrons. The van der Waals surface area contributed by atoms with Crippen LogP contribution in [0.4, 0.5) is 5.82 Å². The van der Waals surface area contributed by atoms with Crippen LogP contribution in [0.3, 0.4) is 0 Å². The van der Waals surface area contributed by atoms with Gasteiger partial charge in [0.1, 0.15) is 11.6 Å². The molecule has 1 heterocycles. The van der Waals surface area contributed by atoms with Crippen LogP contribution in [-0.2, 0) is 0 Å². The number of pyridine rings is 1. The zero-order valence-electron chi connectivity index (χ0n) is 8.95. The second-order valence-corrected chi connectivity index (χ2v) is 3.47. The Morgan fingerprint density at radius 3 is 2.93 bits per heavy atom. The van der Waals surface area contributed by atoms with E-state index in [2.05, 4.69) is 11.1 Å². The van der Waals surface area contributed by atoms with Gasteiger partial charge in [0.2, 0.25) is 0 Å². The number of hydrogen-bond donors (Lipinski definition) is 1. The lowest BCUT2D eigenvalue weighted by Gasteiger charge is -2.09. The summed E-state index contributed by atoms with van der Waals surface area (Å²) in [6.45, 7) is 4.66. The van der Waals surface area contributed by atoms with Crippen molar-refractivity contribution in [3.63, 3.8) is 0 Å². The van der Waals surface area contributed by atoms with Crippen molar-refractivity contribution in [3.8, 4) is 5.75 Å². The summed E-state index contributed by atoms with van der Waals surface area (Å²) in [7, 11) is 0. The molecule has 0 radical (unpaired) electrons. The molecule has 0 bridgehead atoms. The predicted octanol–water partition coefficient (Wildman–Crippen LogP) is 2.52. The van der Waals surface area contributed by atoms with E-state index in [0.717, 1.165) is 22.1 Å². The smallest absolute Gasteiger partial charge is 0.131 e. The van der Waals surface area contributed by atoms with E-state index in [0.29, 0.717) is 12.4 Å². The minimum absolute atomic E-state index is 0.549. The number of ether oxygens (including phenoxy) is 1. The topological polar surface area (TPSA) is 48.1 Å². The average molecular weight is 202 g/mol. The first-order valence-corrected chi connectivity index (χ1v) is 5.00. The van der Waals surface area contributed by atoms with Crippen LogP contribution in [0, 0.1) is 6.92 Å². The summed E-state index contributed by atoms with van der Waals surface area (Å²) < 4.78 is 5.52. The third-order valence-corrected chi connectivity index (χ3v) is 2.39. The van der Waals surface area contributed by atoms with E-state index in [9.17, 15) is 0 Å². The highest BCUT2D eigenvalue weighted by Crippen LogP contribution is 2.27. The third kappa shape index (κ3) is 1.73. The molecule has 0 atom stereocenters. The number of aryl methyl sites for hydroxylation is 1. The zero-order chi connectivity index (χ0) is 10.8. The molecule has 0 aliphatic heterocycles. The number of nitrogens with zero attached hydrogens (tertiary/aromatic N) is 1. The molecular formula is C12H14N2O. The molecule has 0 fully saturated rings. The molecule has 3 nitrogen and oxygen atoms in total. The van der Waals surface area contributed by atoms with E-state index in [-0.39, 0.29) is 0 Å². The van der Waals surface area contributed by atoms with Crippen LogP contribution in [0.2, 0.25) is 0 Å². The Hall–Kier alpha value is -1.77.